The highest BCUT2D eigenvalue weighted by Gasteiger charge is 2.26. The van der Waals surface area contributed by atoms with E-state index in [1.54, 1.807) is 0 Å². The molecule has 1 aromatic heterocycles. The molecule has 4 heteroatoms. The van der Waals surface area contributed by atoms with Crippen LogP contribution in [-0.4, -0.2) is 10.5 Å². The van der Waals surface area contributed by atoms with Crippen LogP contribution < -0.4 is 10.6 Å². The molecule has 0 spiro atoms. The average Bonchev–Trinajstić information content (AvgIpc) is 2.56. The lowest BCUT2D eigenvalue weighted by atomic mass is 10.2. The van der Waals surface area contributed by atoms with Crippen LogP contribution in [0.2, 0.25) is 0 Å². The number of aromatic nitrogens is 1. The number of benzene rings is 1. The fourth-order valence-corrected chi connectivity index (χ4v) is 2.67. The van der Waals surface area contributed by atoms with E-state index < -0.39 is 0 Å². The summed E-state index contributed by atoms with van der Waals surface area (Å²) in [6.07, 6.45) is 0. The molecule has 98 valence electrons. The Hall–Kier alpha value is -2.23. The van der Waals surface area contributed by atoms with Crippen LogP contribution in [-0.2, 0) is 6.54 Å². The van der Waals surface area contributed by atoms with Crippen molar-refractivity contribution in [1.82, 2.24) is 4.57 Å². The predicted molar refractivity (Wildman–Crippen MR) is 77.3 cm³/mol. The second-order valence-corrected chi connectivity index (χ2v) is 4.80. The van der Waals surface area contributed by atoms with Crippen LogP contribution in [0.4, 0.5) is 17.1 Å². The molecule has 1 amide bonds. The van der Waals surface area contributed by atoms with Crippen molar-refractivity contribution in [3.05, 3.63) is 41.2 Å². The molecular formula is C15H17N3O. The van der Waals surface area contributed by atoms with Gasteiger partial charge in [0.25, 0.3) is 5.91 Å². The third-order valence-electron chi connectivity index (χ3n) is 3.80. The Morgan fingerprint density at radius 3 is 2.37 bits per heavy atom. The molecule has 2 aromatic rings. The van der Waals surface area contributed by atoms with Gasteiger partial charge in [0.2, 0.25) is 0 Å². The summed E-state index contributed by atoms with van der Waals surface area (Å²) in [5, 5.41) is 6.36. The number of carbonyl (C=O) groups is 1. The number of rotatable bonds is 1. The van der Waals surface area contributed by atoms with E-state index >= 15 is 0 Å². The topological polar surface area (TPSA) is 46.1 Å². The first-order valence-corrected chi connectivity index (χ1v) is 6.50. The van der Waals surface area contributed by atoms with Gasteiger partial charge < -0.3 is 15.2 Å². The molecule has 0 unspecified atom stereocenters. The molecular weight excluding hydrogens is 238 g/mol. The van der Waals surface area contributed by atoms with Crippen LogP contribution in [0.25, 0.3) is 0 Å². The van der Waals surface area contributed by atoms with Gasteiger partial charge in [-0.05, 0) is 38.5 Å². The first kappa shape index (κ1) is 11.8. The van der Waals surface area contributed by atoms with Gasteiger partial charge in [-0.15, -0.1) is 0 Å². The summed E-state index contributed by atoms with van der Waals surface area (Å²) in [7, 11) is 0. The molecule has 0 radical (unpaired) electrons. The zero-order chi connectivity index (χ0) is 13.6. The molecule has 1 aliphatic heterocycles. The van der Waals surface area contributed by atoms with E-state index in [1.165, 1.54) is 0 Å². The Morgan fingerprint density at radius 2 is 1.74 bits per heavy atom. The second-order valence-electron chi connectivity index (χ2n) is 4.80. The van der Waals surface area contributed by atoms with Crippen molar-refractivity contribution in [2.24, 2.45) is 0 Å². The molecule has 3 rings (SSSR count). The number of para-hydroxylation sites is 2. The zero-order valence-electron chi connectivity index (χ0n) is 11.4. The molecule has 0 saturated carbocycles. The molecule has 0 bridgehead atoms. The molecule has 4 nitrogen and oxygen atoms in total. The molecule has 0 saturated heterocycles. The summed E-state index contributed by atoms with van der Waals surface area (Å²) in [5.74, 6) is -0.0505. The minimum Gasteiger partial charge on any atom is -0.352 e. The van der Waals surface area contributed by atoms with E-state index in [2.05, 4.69) is 29.0 Å². The lowest BCUT2D eigenvalue weighted by Gasteiger charge is -2.09. The highest BCUT2D eigenvalue weighted by molar-refractivity contribution is 6.11. The Bertz CT molecular complexity index is 670. The monoisotopic (exact) mass is 255 g/mol. The molecule has 0 atom stereocenters. The molecule has 0 aliphatic carbocycles. The Balaban J connectivity index is 2.25. The minimum absolute atomic E-state index is 0.0505. The molecule has 1 aliphatic rings. The maximum absolute atomic E-state index is 12.4. The fraction of sp³-hybridized carbons (Fsp3) is 0.267. The van der Waals surface area contributed by atoms with Gasteiger partial charge in [0.05, 0.1) is 17.1 Å². The van der Waals surface area contributed by atoms with Gasteiger partial charge >= 0.3 is 0 Å². The smallest absolute Gasteiger partial charge is 0.274 e. The van der Waals surface area contributed by atoms with E-state index in [4.69, 9.17) is 0 Å². The van der Waals surface area contributed by atoms with Crippen molar-refractivity contribution in [2.45, 2.75) is 27.3 Å². The molecule has 19 heavy (non-hydrogen) atoms. The summed E-state index contributed by atoms with van der Waals surface area (Å²) in [6, 6.07) is 7.76. The molecule has 0 fully saturated rings. The number of hydrogen-bond donors (Lipinski definition) is 2. The van der Waals surface area contributed by atoms with Gasteiger partial charge in [-0.3, -0.25) is 4.79 Å². The second kappa shape index (κ2) is 4.16. The third-order valence-corrected chi connectivity index (χ3v) is 3.80. The van der Waals surface area contributed by atoms with E-state index in [0.717, 1.165) is 34.9 Å². The SMILES string of the molecule is CCn1c(C)c(C)c2c1C(=O)Nc1ccccc1N2. The quantitative estimate of drug-likeness (QED) is 0.820. The maximum atomic E-state index is 12.4. The van der Waals surface area contributed by atoms with Gasteiger partial charge in [0.15, 0.2) is 0 Å². The number of anilines is 3. The van der Waals surface area contributed by atoms with Gasteiger partial charge in [-0.25, -0.2) is 0 Å². The summed E-state index contributed by atoms with van der Waals surface area (Å²) >= 11 is 0. The Morgan fingerprint density at radius 1 is 1.11 bits per heavy atom. The van der Waals surface area contributed by atoms with E-state index in [-0.39, 0.29) is 5.91 Å². The first-order valence-electron chi connectivity index (χ1n) is 6.50. The van der Waals surface area contributed by atoms with Crippen molar-refractivity contribution >= 4 is 23.0 Å². The number of carbonyl (C=O) groups excluding carboxylic acids is 1. The summed E-state index contributed by atoms with van der Waals surface area (Å²) in [5.41, 5.74) is 5.66. The lowest BCUT2D eigenvalue weighted by Crippen LogP contribution is -2.16. The highest BCUT2D eigenvalue weighted by Crippen LogP contribution is 2.36. The van der Waals surface area contributed by atoms with Gasteiger partial charge in [-0.2, -0.15) is 0 Å². The maximum Gasteiger partial charge on any atom is 0.274 e. The number of nitrogens with one attached hydrogen (secondary N) is 2. The van der Waals surface area contributed by atoms with Gasteiger partial charge in [0.1, 0.15) is 5.69 Å². The van der Waals surface area contributed by atoms with Crippen molar-refractivity contribution < 1.29 is 4.79 Å². The van der Waals surface area contributed by atoms with Crippen LogP contribution in [0.15, 0.2) is 24.3 Å². The van der Waals surface area contributed by atoms with Crippen LogP contribution in [0.3, 0.4) is 0 Å². The largest absolute Gasteiger partial charge is 0.352 e. The van der Waals surface area contributed by atoms with Crippen molar-refractivity contribution in [3.8, 4) is 0 Å². The molecule has 2 N–H and O–H groups in total. The third kappa shape index (κ3) is 1.63. The van der Waals surface area contributed by atoms with E-state index in [0.29, 0.717) is 5.69 Å². The van der Waals surface area contributed by atoms with E-state index in [9.17, 15) is 4.79 Å². The lowest BCUT2D eigenvalue weighted by molar-refractivity contribution is 0.101. The van der Waals surface area contributed by atoms with E-state index in [1.807, 2.05) is 31.2 Å². The minimum atomic E-state index is -0.0505. The van der Waals surface area contributed by atoms with Gasteiger partial charge in [-0.1, -0.05) is 12.1 Å². The Kier molecular flexibility index (Phi) is 2.59. The number of amides is 1. The fourth-order valence-electron chi connectivity index (χ4n) is 2.67. The normalized spacial score (nSPS) is 13.1. The van der Waals surface area contributed by atoms with Gasteiger partial charge in [0, 0.05) is 12.2 Å². The van der Waals surface area contributed by atoms with Crippen LogP contribution in [0.5, 0.6) is 0 Å². The summed E-state index contributed by atoms with van der Waals surface area (Å²) in [4.78, 5) is 12.4. The molecule has 2 heterocycles. The number of nitrogens with zero attached hydrogens (tertiary/aromatic N) is 1. The van der Waals surface area contributed by atoms with Crippen molar-refractivity contribution in [1.29, 1.82) is 0 Å². The first-order chi connectivity index (χ1) is 9.13. The highest BCUT2D eigenvalue weighted by atomic mass is 16.2. The summed E-state index contributed by atoms with van der Waals surface area (Å²) < 4.78 is 2.05. The number of hydrogen-bond acceptors (Lipinski definition) is 2. The molecule has 1 aromatic carbocycles. The summed E-state index contributed by atoms with van der Waals surface area (Å²) in [6.45, 7) is 6.94. The van der Waals surface area contributed by atoms with Crippen LogP contribution in [0, 0.1) is 13.8 Å². The predicted octanol–water partition coefficient (Wildman–Crippen LogP) is 3.43. The van der Waals surface area contributed by atoms with Crippen LogP contribution in [0.1, 0.15) is 28.7 Å². The average molecular weight is 255 g/mol. The Labute approximate surface area is 112 Å². The van der Waals surface area contributed by atoms with Crippen LogP contribution >= 0.6 is 0 Å². The number of fused-ring (bicyclic) bond motifs is 2. The van der Waals surface area contributed by atoms with Crippen molar-refractivity contribution in [3.63, 3.8) is 0 Å². The van der Waals surface area contributed by atoms with Crippen molar-refractivity contribution in [2.75, 3.05) is 10.6 Å². The standard InChI is InChI=1S/C15H17N3O/c1-4-18-10(3)9(2)13-14(18)15(19)17-12-8-6-5-7-11(12)16-13/h5-8,16H,4H2,1-3H3,(H,17,19). The zero-order valence-corrected chi connectivity index (χ0v) is 11.4.